The van der Waals surface area contributed by atoms with Gasteiger partial charge in [-0.1, -0.05) is 32.9 Å². The van der Waals surface area contributed by atoms with Crippen molar-refractivity contribution >= 4 is 17.5 Å². The third-order valence-corrected chi connectivity index (χ3v) is 5.77. The van der Waals surface area contributed by atoms with E-state index in [1.54, 1.807) is 6.07 Å². The van der Waals surface area contributed by atoms with Crippen molar-refractivity contribution in [1.29, 1.82) is 0 Å². The van der Waals surface area contributed by atoms with Crippen LogP contribution in [0.2, 0.25) is 0 Å². The van der Waals surface area contributed by atoms with E-state index in [0.29, 0.717) is 0 Å². The van der Waals surface area contributed by atoms with E-state index in [1.165, 1.54) is 12.1 Å². The predicted octanol–water partition coefficient (Wildman–Crippen LogP) is 4.00. The van der Waals surface area contributed by atoms with Gasteiger partial charge >= 0.3 is 0 Å². The highest BCUT2D eigenvalue weighted by atomic mass is 16.6. The first-order chi connectivity index (χ1) is 9.77. The molecule has 2 atom stereocenters. The lowest BCUT2D eigenvalue weighted by molar-refractivity contribution is -0.384. The number of Topliss-reactive ketones (excluding diaryl/α,β-unsaturated/α-hetero) is 1. The van der Waals surface area contributed by atoms with Crippen molar-refractivity contribution in [2.45, 2.75) is 33.6 Å². The van der Waals surface area contributed by atoms with Crippen LogP contribution in [0.1, 0.15) is 39.2 Å². The predicted molar refractivity (Wildman–Crippen MR) is 80.7 cm³/mol. The van der Waals surface area contributed by atoms with Gasteiger partial charge in [-0.3, -0.25) is 14.9 Å². The van der Waals surface area contributed by atoms with E-state index in [-0.39, 0.29) is 28.2 Å². The molecule has 1 aromatic carbocycles. The molecule has 0 saturated heterocycles. The average Bonchev–Trinajstić information content (AvgIpc) is 2.73. The highest BCUT2D eigenvalue weighted by Crippen LogP contribution is 2.65. The molecule has 2 fully saturated rings. The Bertz CT molecular complexity index is 674. The Hall–Kier alpha value is -1.97. The van der Waals surface area contributed by atoms with Crippen LogP contribution in [0.25, 0.3) is 6.08 Å². The summed E-state index contributed by atoms with van der Waals surface area (Å²) < 4.78 is 0. The Kier molecular flexibility index (Phi) is 2.84. The smallest absolute Gasteiger partial charge is 0.270 e. The van der Waals surface area contributed by atoms with Crippen molar-refractivity contribution in [3.63, 3.8) is 0 Å². The van der Waals surface area contributed by atoms with Gasteiger partial charge in [0.25, 0.3) is 5.69 Å². The Morgan fingerprint density at radius 1 is 1.33 bits per heavy atom. The van der Waals surface area contributed by atoms with Gasteiger partial charge in [0.15, 0.2) is 5.78 Å². The van der Waals surface area contributed by atoms with Crippen molar-refractivity contribution in [1.82, 2.24) is 0 Å². The van der Waals surface area contributed by atoms with E-state index < -0.39 is 4.92 Å². The van der Waals surface area contributed by atoms with E-state index in [1.807, 2.05) is 12.1 Å². The Balaban J connectivity index is 2.04. The fraction of sp³-hybridized carbons (Fsp3) is 0.471. The fourth-order valence-corrected chi connectivity index (χ4v) is 4.00. The van der Waals surface area contributed by atoms with Gasteiger partial charge in [-0.15, -0.1) is 0 Å². The lowest BCUT2D eigenvalue weighted by Crippen LogP contribution is -2.32. The minimum Gasteiger partial charge on any atom is -0.294 e. The van der Waals surface area contributed by atoms with Crippen LogP contribution in [0.15, 0.2) is 29.8 Å². The van der Waals surface area contributed by atoms with Crippen LogP contribution in [0.4, 0.5) is 5.69 Å². The lowest BCUT2D eigenvalue weighted by Gasteiger charge is -2.31. The number of carbonyl (C=O) groups is 1. The van der Waals surface area contributed by atoms with Gasteiger partial charge in [-0.05, 0) is 41.4 Å². The van der Waals surface area contributed by atoms with Crippen molar-refractivity contribution in [2.75, 3.05) is 0 Å². The first-order valence-corrected chi connectivity index (χ1v) is 7.28. The van der Waals surface area contributed by atoms with Crippen LogP contribution < -0.4 is 0 Å². The van der Waals surface area contributed by atoms with E-state index in [2.05, 4.69) is 20.8 Å². The molecule has 0 N–H and O–H groups in total. The summed E-state index contributed by atoms with van der Waals surface area (Å²) in [6.07, 6.45) is 3.82. The maximum atomic E-state index is 12.7. The normalized spacial score (nSPS) is 31.9. The number of allylic oxidation sites excluding steroid dienone is 1. The molecule has 0 aromatic heterocycles. The zero-order valence-electron chi connectivity index (χ0n) is 12.6. The van der Waals surface area contributed by atoms with Crippen LogP contribution in [0, 0.1) is 26.9 Å². The highest BCUT2D eigenvalue weighted by Gasteiger charge is 2.63. The summed E-state index contributed by atoms with van der Waals surface area (Å²) in [5.41, 5.74) is 1.32. The molecular formula is C17H19NO3. The molecule has 3 rings (SSSR count). The van der Waals surface area contributed by atoms with Crippen LogP contribution in [-0.2, 0) is 4.79 Å². The molecule has 2 unspecified atom stereocenters. The highest BCUT2D eigenvalue weighted by molar-refractivity contribution is 6.07. The first kappa shape index (κ1) is 14.0. The summed E-state index contributed by atoms with van der Waals surface area (Å²) in [5.74, 6) is 0.476. The Labute approximate surface area is 124 Å². The number of nitro groups is 1. The molecule has 1 aromatic rings. The third kappa shape index (κ3) is 1.78. The van der Waals surface area contributed by atoms with E-state index in [9.17, 15) is 14.9 Å². The Morgan fingerprint density at radius 2 is 2.05 bits per heavy atom. The standard InChI is InChI=1S/C17H19NO3/c1-16(2)14-7-8-17(16,3)15(19)13(14)10-11-5-4-6-12(9-11)18(20)21/h4-6,9-10,14H,7-8H2,1-3H3. The van der Waals surface area contributed by atoms with Gasteiger partial charge < -0.3 is 0 Å². The van der Waals surface area contributed by atoms with Crippen molar-refractivity contribution in [2.24, 2.45) is 16.7 Å². The van der Waals surface area contributed by atoms with Crippen LogP contribution in [0.3, 0.4) is 0 Å². The average molecular weight is 285 g/mol. The quantitative estimate of drug-likeness (QED) is 0.468. The Morgan fingerprint density at radius 3 is 2.62 bits per heavy atom. The molecule has 110 valence electrons. The maximum Gasteiger partial charge on any atom is 0.270 e. The summed E-state index contributed by atoms with van der Waals surface area (Å²) in [5, 5.41) is 10.9. The lowest BCUT2D eigenvalue weighted by atomic mass is 9.70. The molecule has 0 amide bonds. The SMILES string of the molecule is CC12CCC(C(=Cc3cccc([N+](=O)[O-])c3)C1=O)C2(C)C. The van der Waals surface area contributed by atoms with Gasteiger partial charge in [0.2, 0.25) is 0 Å². The van der Waals surface area contributed by atoms with Crippen molar-refractivity contribution in [3.05, 3.63) is 45.5 Å². The molecule has 2 aliphatic carbocycles. The van der Waals surface area contributed by atoms with Crippen molar-refractivity contribution < 1.29 is 9.72 Å². The number of fused-ring (bicyclic) bond motifs is 2. The summed E-state index contributed by atoms with van der Waals surface area (Å²) in [4.78, 5) is 23.2. The van der Waals surface area contributed by atoms with Crippen LogP contribution >= 0.6 is 0 Å². The minimum absolute atomic E-state index is 0.0311. The van der Waals surface area contributed by atoms with Crippen molar-refractivity contribution in [3.8, 4) is 0 Å². The van der Waals surface area contributed by atoms with E-state index >= 15 is 0 Å². The molecule has 0 heterocycles. The molecule has 21 heavy (non-hydrogen) atoms. The van der Waals surface area contributed by atoms with Gasteiger partial charge in [-0.25, -0.2) is 0 Å². The zero-order valence-corrected chi connectivity index (χ0v) is 12.6. The summed E-state index contributed by atoms with van der Waals surface area (Å²) in [6, 6.07) is 6.47. The zero-order chi connectivity index (χ0) is 15.4. The van der Waals surface area contributed by atoms with Gasteiger partial charge in [-0.2, -0.15) is 0 Å². The number of ketones is 1. The number of nitrogens with zero attached hydrogens (tertiary/aromatic N) is 1. The molecule has 0 spiro atoms. The van der Waals surface area contributed by atoms with Gasteiger partial charge in [0, 0.05) is 17.5 Å². The number of benzene rings is 1. The summed E-state index contributed by atoms with van der Waals surface area (Å²) in [7, 11) is 0. The number of hydrogen-bond acceptors (Lipinski definition) is 3. The molecule has 4 heteroatoms. The molecule has 2 bridgehead atoms. The second-order valence-electron chi connectivity index (χ2n) is 6.93. The molecule has 2 aliphatic rings. The molecule has 2 saturated carbocycles. The third-order valence-electron chi connectivity index (χ3n) is 5.77. The van der Waals surface area contributed by atoms with E-state index in [0.717, 1.165) is 24.0 Å². The monoisotopic (exact) mass is 285 g/mol. The number of carbonyl (C=O) groups excluding carboxylic acids is 1. The fourth-order valence-electron chi connectivity index (χ4n) is 4.00. The molecule has 4 nitrogen and oxygen atoms in total. The molecule has 0 radical (unpaired) electrons. The minimum atomic E-state index is -0.407. The van der Waals surface area contributed by atoms with E-state index in [4.69, 9.17) is 0 Å². The second kappa shape index (κ2) is 4.26. The second-order valence-corrected chi connectivity index (χ2v) is 6.93. The molecular weight excluding hydrogens is 266 g/mol. The molecule has 0 aliphatic heterocycles. The van der Waals surface area contributed by atoms with Crippen LogP contribution in [-0.4, -0.2) is 10.7 Å². The number of non-ortho nitro benzene ring substituents is 1. The van der Waals surface area contributed by atoms with Gasteiger partial charge in [0.05, 0.1) is 4.92 Å². The first-order valence-electron chi connectivity index (χ1n) is 7.28. The van der Waals surface area contributed by atoms with Crippen LogP contribution in [0.5, 0.6) is 0 Å². The summed E-state index contributed by atoms with van der Waals surface area (Å²) >= 11 is 0. The number of rotatable bonds is 2. The summed E-state index contributed by atoms with van der Waals surface area (Å²) in [6.45, 7) is 6.39. The number of hydrogen-bond donors (Lipinski definition) is 0. The maximum absolute atomic E-state index is 12.7. The topological polar surface area (TPSA) is 60.2 Å². The largest absolute Gasteiger partial charge is 0.294 e. The number of nitro benzene ring substituents is 1. The van der Waals surface area contributed by atoms with Gasteiger partial charge in [0.1, 0.15) is 0 Å².